The van der Waals surface area contributed by atoms with Gasteiger partial charge in [0.2, 0.25) is 0 Å². The maximum absolute atomic E-state index is 11.3. The van der Waals surface area contributed by atoms with Crippen LogP contribution in [0.2, 0.25) is 0 Å². The molecule has 15 heavy (non-hydrogen) atoms. The van der Waals surface area contributed by atoms with Crippen LogP contribution in [0.25, 0.3) is 0 Å². The standard InChI is InChI=1S/C10H11NO4/c1-14-10(13)9(11-15-2)7-5-3-4-6-8(7)12/h3-6,12H,1-2H3/b11-9+. The first-order valence-electron chi connectivity index (χ1n) is 4.18. The number of benzene rings is 1. The molecule has 0 bridgehead atoms. The van der Waals surface area contributed by atoms with Crippen LogP contribution >= 0.6 is 0 Å². The van der Waals surface area contributed by atoms with Crippen molar-refractivity contribution in [3.8, 4) is 5.75 Å². The maximum atomic E-state index is 11.3. The lowest BCUT2D eigenvalue weighted by Gasteiger charge is -2.05. The lowest BCUT2D eigenvalue weighted by Crippen LogP contribution is -2.17. The number of para-hydroxylation sites is 1. The summed E-state index contributed by atoms with van der Waals surface area (Å²) >= 11 is 0. The minimum absolute atomic E-state index is 0.0568. The molecular formula is C10H11NO4. The highest BCUT2D eigenvalue weighted by Crippen LogP contribution is 2.17. The number of hydrogen-bond acceptors (Lipinski definition) is 5. The fraction of sp³-hybridized carbons (Fsp3) is 0.200. The lowest BCUT2D eigenvalue weighted by molar-refractivity contribution is -0.132. The number of esters is 1. The van der Waals surface area contributed by atoms with Gasteiger partial charge >= 0.3 is 5.97 Å². The van der Waals surface area contributed by atoms with E-state index in [4.69, 9.17) is 0 Å². The number of aromatic hydroxyl groups is 1. The van der Waals surface area contributed by atoms with Crippen molar-refractivity contribution in [3.63, 3.8) is 0 Å². The molecule has 5 nitrogen and oxygen atoms in total. The summed E-state index contributed by atoms with van der Waals surface area (Å²) in [7, 11) is 2.54. The average Bonchev–Trinajstić information content (AvgIpc) is 2.26. The maximum Gasteiger partial charge on any atom is 0.360 e. The van der Waals surface area contributed by atoms with Crippen LogP contribution in [-0.2, 0) is 14.4 Å². The second-order valence-corrected chi connectivity index (χ2v) is 2.63. The topological polar surface area (TPSA) is 68.1 Å². The Balaban J connectivity index is 3.17. The number of nitrogens with zero attached hydrogens (tertiary/aromatic N) is 1. The summed E-state index contributed by atoms with van der Waals surface area (Å²) in [5.41, 5.74) is 0.198. The van der Waals surface area contributed by atoms with Crippen molar-refractivity contribution in [2.45, 2.75) is 0 Å². The van der Waals surface area contributed by atoms with Gasteiger partial charge in [-0.2, -0.15) is 0 Å². The number of methoxy groups -OCH3 is 1. The molecule has 80 valence electrons. The second-order valence-electron chi connectivity index (χ2n) is 2.63. The Kier molecular flexibility index (Phi) is 3.68. The molecule has 0 radical (unpaired) electrons. The van der Waals surface area contributed by atoms with Crippen LogP contribution in [0, 0.1) is 0 Å². The molecule has 0 amide bonds. The third-order valence-electron chi connectivity index (χ3n) is 1.72. The number of phenolic OH excluding ortho intramolecular Hbond substituents is 1. The largest absolute Gasteiger partial charge is 0.507 e. The van der Waals surface area contributed by atoms with Crippen molar-refractivity contribution >= 4 is 11.7 Å². The average molecular weight is 209 g/mol. The van der Waals surface area contributed by atoms with Crippen LogP contribution in [0.3, 0.4) is 0 Å². The van der Waals surface area contributed by atoms with E-state index in [1.165, 1.54) is 20.3 Å². The molecule has 1 aromatic rings. The first-order valence-corrected chi connectivity index (χ1v) is 4.18. The molecule has 0 saturated heterocycles. The molecule has 1 aromatic carbocycles. The zero-order valence-corrected chi connectivity index (χ0v) is 8.43. The Hall–Kier alpha value is -2.04. The van der Waals surface area contributed by atoms with Crippen LogP contribution < -0.4 is 0 Å². The molecule has 0 atom stereocenters. The van der Waals surface area contributed by atoms with Gasteiger partial charge in [0.15, 0.2) is 5.71 Å². The molecule has 0 unspecified atom stereocenters. The molecule has 0 heterocycles. The van der Waals surface area contributed by atoms with Gasteiger partial charge in [0.05, 0.1) is 12.7 Å². The predicted molar refractivity (Wildman–Crippen MR) is 53.7 cm³/mol. The minimum Gasteiger partial charge on any atom is -0.507 e. The highest BCUT2D eigenvalue weighted by molar-refractivity contribution is 6.43. The van der Waals surface area contributed by atoms with Crippen LogP contribution in [0.4, 0.5) is 0 Å². The molecule has 0 spiro atoms. The summed E-state index contributed by atoms with van der Waals surface area (Å²) in [6.45, 7) is 0. The van der Waals surface area contributed by atoms with E-state index in [9.17, 15) is 9.90 Å². The van der Waals surface area contributed by atoms with E-state index in [1.807, 2.05) is 0 Å². The number of oxime groups is 1. The SMILES string of the molecule is CO/N=C(/C(=O)OC)c1ccccc1O. The molecule has 0 fully saturated rings. The second kappa shape index (κ2) is 4.99. The Morgan fingerprint density at radius 2 is 2.00 bits per heavy atom. The van der Waals surface area contributed by atoms with Crippen molar-refractivity contribution in [2.75, 3.05) is 14.2 Å². The number of rotatable bonds is 3. The third kappa shape index (κ3) is 2.46. The number of carbonyl (C=O) groups excluding carboxylic acids is 1. The van der Waals surface area contributed by atoms with E-state index in [0.717, 1.165) is 0 Å². The van der Waals surface area contributed by atoms with Gasteiger partial charge in [-0.25, -0.2) is 4.79 Å². The van der Waals surface area contributed by atoms with Gasteiger partial charge in [0, 0.05) is 0 Å². The molecule has 0 saturated carbocycles. The van der Waals surface area contributed by atoms with Gasteiger partial charge < -0.3 is 14.7 Å². The zero-order valence-electron chi connectivity index (χ0n) is 8.43. The lowest BCUT2D eigenvalue weighted by atomic mass is 10.1. The third-order valence-corrected chi connectivity index (χ3v) is 1.72. The van der Waals surface area contributed by atoms with E-state index in [1.54, 1.807) is 18.2 Å². The van der Waals surface area contributed by atoms with Crippen LogP contribution in [0.1, 0.15) is 5.56 Å². The van der Waals surface area contributed by atoms with Crippen molar-refractivity contribution in [3.05, 3.63) is 29.8 Å². The zero-order chi connectivity index (χ0) is 11.3. The molecule has 1 rings (SSSR count). The molecule has 0 aliphatic rings. The smallest absolute Gasteiger partial charge is 0.360 e. The van der Waals surface area contributed by atoms with Gasteiger partial charge in [-0.15, -0.1) is 0 Å². The Bertz CT molecular complexity index is 387. The number of ether oxygens (including phenoxy) is 1. The van der Waals surface area contributed by atoms with Crippen molar-refractivity contribution in [2.24, 2.45) is 5.16 Å². The molecule has 0 aliphatic carbocycles. The molecule has 1 N–H and O–H groups in total. The van der Waals surface area contributed by atoms with Crippen molar-refractivity contribution in [1.82, 2.24) is 0 Å². The van der Waals surface area contributed by atoms with Gasteiger partial charge in [-0.3, -0.25) is 0 Å². The summed E-state index contributed by atoms with van der Waals surface area (Å²) < 4.78 is 4.51. The van der Waals surface area contributed by atoms with Gasteiger partial charge in [0.1, 0.15) is 12.9 Å². The van der Waals surface area contributed by atoms with E-state index < -0.39 is 5.97 Å². The quantitative estimate of drug-likeness (QED) is 0.456. The normalized spacial score (nSPS) is 10.9. The van der Waals surface area contributed by atoms with Crippen molar-refractivity contribution in [1.29, 1.82) is 0 Å². The molecule has 0 aliphatic heterocycles. The molecule has 5 heteroatoms. The van der Waals surface area contributed by atoms with E-state index in [0.29, 0.717) is 0 Å². The van der Waals surface area contributed by atoms with Gasteiger partial charge in [-0.1, -0.05) is 17.3 Å². The van der Waals surface area contributed by atoms with E-state index in [-0.39, 0.29) is 17.0 Å². The monoisotopic (exact) mass is 209 g/mol. The highest BCUT2D eigenvalue weighted by atomic mass is 16.6. The predicted octanol–water partition coefficient (Wildman–Crippen LogP) is 0.916. The Labute approximate surface area is 86.9 Å². The number of carbonyl (C=O) groups is 1. The number of hydrogen-bond donors (Lipinski definition) is 1. The Morgan fingerprint density at radius 1 is 1.33 bits per heavy atom. The van der Waals surface area contributed by atoms with E-state index in [2.05, 4.69) is 14.7 Å². The van der Waals surface area contributed by atoms with Crippen molar-refractivity contribution < 1.29 is 19.5 Å². The van der Waals surface area contributed by atoms with Crippen LogP contribution in [-0.4, -0.2) is 31.0 Å². The first-order chi connectivity index (χ1) is 7.20. The number of phenols is 1. The van der Waals surface area contributed by atoms with Crippen LogP contribution in [0.15, 0.2) is 29.4 Å². The first kappa shape index (κ1) is 11.0. The summed E-state index contributed by atoms with van der Waals surface area (Å²) in [6, 6.07) is 6.30. The summed E-state index contributed by atoms with van der Waals surface area (Å²) in [5, 5.41) is 13.0. The Morgan fingerprint density at radius 3 is 2.53 bits per heavy atom. The van der Waals surface area contributed by atoms with Gasteiger partial charge in [0.25, 0.3) is 0 Å². The fourth-order valence-corrected chi connectivity index (χ4v) is 1.06. The summed E-state index contributed by atoms with van der Waals surface area (Å²) in [6.07, 6.45) is 0. The fourth-order valence-electron chi connectivity index (χ4n) is 1.06. The minimum atomic E-state index is -0.668. The van der Waals surface area contributed by atoms with Gasteiger partial charge in [-0.05, 0) is 12.1 Å². The van der Waals surface area contributed by atoms with E-state index >= 15 is 0 Å². The highest BCUT2D eigenvalue weighted by Gasteiger charge is 2.18. The molecule has 0 aromatic heterocycles. The van der Waals surface area contributed by atoms with Crippen LogP contribution in [0.5, 0.6) is 5.75 Å². The molecular weight excluding hydrogens is 198 g/mol. The summed E-state index contributed by atoms with van der Waals surface area (Å²) in [5.74, 6) is -0.725. The summed E-state index contributed by atoms with van der Waals surface area (Å²) in [4.78, 5) is 15.8.